The van der Waals surface area contributed by atoms with E-state index in [4.69, 9.17) is 116 Å². The molecule has 129 heavy (non-hydrogen) atoms. The van der Waals surface area contributed by atoms with Gasteiger partial charge < -0.3 is 116 Å². The molecule has 0 aliphatic heterocycles. The summed E-state index contributed by atoms with van der Waals surface area (Å²) in [4.78, 5) is 0. The van der Waals surface area contributed by atoms with Gasteiger partial charge in [0.25, 0.3) is 0 Å². The number of rotatable bonds is 81. The summed E-state index contributed by atoms with van der Waals surface area (Å²) in [6.07, 6.45) is 0. The third kappa shape index (κ3) is 51.0. The van der Waals surface area contributed by atoms with E-state index >= 15 is 0 Å². The maximum atomic E-state index is 8.76. The Morgan fingerprint density at radius 3 is 0.457 bits per heavy atom. The largest absolute Gasteiger partial charge is 0.437 e. The fourth-order valence-corrected chi connectivity index (χ4v) is 118. The van der Waals surface area contributed by atoms with Crippen LogP contribution in [0.15, 0.2) is 30.3 Å². The molecule has 1 rings (SSSR count). The van der Waals surface area contributed by atoms with Crippen LogP contribution in [0, 0.1) is 0 Å². The summed E-state index contributed by atoms with van der Waals surface area (Å²) in [5.74, 6) is 0.0491. The van der Waals surface area contributed by atoms with Crippen LogP contribution in [-0.4, -0.2) is 276 Å². The Kier molecular flexibility index (Phi) is 58.7. The molecule has 0 amide bonds. The van der Waals surface area contributed by atoms with Gasteiger partial charge in [-0.15, -0.1) is 0 Å². The highest BCUT2D eigenvalue weighted by Gasteiger charge is 2.62. The van der Waals surface area contributed by atoms with Crippen molar-refractivity contribution in [2.24, 2.45) is 0 Å². The minimum Gasteiger partial charge on any atom is -0.437 e. The molecule has 47 heteroatoms. The monoisotopic (exact) mass is 2170 g/mol. The number of hydrogen-bond acceptors (Lipinski definition) is 27. The van der Waals surface area contributed by atoms with Gasteiger partial charge >= 0.3 is 154 Å². The molecule has 10 unspecified atom stereocenters. The van der Waals surface area contributed by atoms with Crippen molar-refractivity contribution in [3.8, 4) is 0 Å². The van der Waals surface area contributed by atoms with Gasteiger partial charge in [0.1, 0.15) is 0 Å². The third-order valence-electron chi connectivity index (χ3n) is 22.5. The summed E-state index contributed by atoms with van der Waals surface area (Å²) in [7, 11) is -64.9. The first-order chi connectivity index (χ1) is 59.4. The third-order valence-corrected chi connectivity index (χ3v) is 101. The average molecular weight is 2180 g/mol. The van der Waals surface area contributed by atoms with Crippen molar-refractivity contribution < 1.29 is 116 Å². The molecule has 768 valence electrons. The van der Waals surface area contributed by atoms with E-state index in [0.717, 1.165) is 0 Å². The van der Waals surface area contributed by atoms with E-state index in [1.54, 1.807) is 0 Å². The molecular formula is C82H198O27Si20. The summed E-state index contributed by atoms with van der Waals surface area (Å²) in [5, 5.41) is 0. The van der Waals surface area contributed by atoms with E-state index < -0.39 is 171 Å². The molecule has 0 radical (unpaired) electrons. The normalized spacial score (nSPS) is 18.2. The predicted molar refractivity (Wildman–Crippen MR) is 576 cm³/mol. The van der Waals surface area contributed by atoms with Crippen LogP contribution in [0.4, 0.5) is 0 Å². The van der Waals surface area contributed by atoms with Crippen molar-refractivity contribution in [3.05, 3.63) is 35.9 Å². The van der Waals surface area contributed by atoms with Crippen molar-refractivity contribution in [2.45, 2.75) is 390 Å². The molecule has 0 fully saturated rings. The zero-order chi connectivity index (χ0) is 99.1. The fraction of sp³-hybridized carbons (Fsp3) is 0.927. The number of benzene rings is 1. The van der Waals surface area contributed by atoms with Crippen LogP contribution in [0.5, 0.6) is 0 Å². The zero-order valence-electron chi connectivity index (χ0n) is 90.3. The second-order valence-corrected chi connectivity index (χ2v) is 111. The SMILES string of the molecule is CCO[Si](C)(CC[Si](C)(O[Si](C)(C)C)O[Si](C)(CC[Si](C)(OCC)OCC)O[Si](C)(CC[Si](C)(OCC)OCC)O[Si](C)(CC[Si](C)(OCC)OCC)O[Si](C)(CC[Si](C)(OCC)OCC)O[Si](C)(CC[Si](C)(OCC)OCC)O[Si](C)(CC[Si](C)(OCC)OCC)O[Si](C)(CC[Si](C)(OCC)OCC)O[Si](C)(CC(C)c1ccccc1)O[Si](C)(C)O[Si](C)(C)C)OCC. The van der Waals surface area contributed by atoms with Crippen LogP contribution in [0.2, 0.25) is 266 Å². The molecule has 0 bridgehead atoms. The first-order valence-electron chi connectivity index (χ1n) is 49.4. The lowest BCUT2D eigenvalue weighted by Gasteiger charge is -2.50. The quantitative estimate of drug-likeness (QED) is 0.0550. The predicted octanol–water partition coefficient (Wildman–Crippen LogP) is 24.2. The summed E-state index contributed by atoms with van der Waals surface area (Å²) >= 11 is 0. The van der Waals surface area contributed by atoms with Gasteiger partial charge in [-0.1, -0.05) is 37.3 Å². The Balaban J connectivity index is 5.64. The van der Waals surface area contributed by atoms with E-state index in [-0.39, 0.29) is 5.92 Å². The lowest BCUT2D eigenvalue weighted by molar-refractivity contribution is 0.185. The highest BCUT2D eigenvalue weighted by molar-refractivity contribution is 6.97. The molecule has 0 saturated carbocycles. The minimum absolute atomic E-state index is 0.0491. The Bertz CT molecular complexity index is 3140. The molecule has 0 saturated heterocycles. The molecule has 10 atom stereocenters. The average Bonchev–Trinajstić information content (AvgIpc) is 0.765. The van der Waals surface area contributed by atoms with Gasteiger partial charge in [-0.05, 0) is 389 Å². The Labute approximate surface area is 812 Å². The summed E-state index contributed by atoms with van der Waals surface area (Å²) < 4.78 is 200. The van der Waals surface area contributed by atoms with E-state index in [1.165, 1.54) is 5.56 Å². The Morgan fingerprint density at radius 2 is 0.310 bits per heavy atom. The summed E-state index contributed by atoms with van der Waals surface area (Å²) in [6.45, 7) is 98.3. The Morgan fingerprint density at radius 1 is 0.171 bits per heavy atom. The van der Waals surface area contributed by atoms with Gasteiger partial charge in [0.2, 0.25) is 0 Å². The molecular weight excluding hydrogens is 1980 g/mol. The molecule has 27 nitrogen and oxygen atoms in total. The topological polar surface area (TPSA) is 249 Å². The van der Waals surface area contributed by atoms with Gasteiger partial charge in [0, 0.05) is 106 Å². The maximum absolute atomic E-state index is 8.76. The van der Waals surface area contributed by atoms with Crippen LogP contribution < -0.4 is 0 Å². The molecule has 0 spiro atoms. The van der Waals surface area contributed by atoms with Crippen molar-refractivity contribution in [3.63, 3.8) is 0 Å². The van der Waals surface area contributed by atoms with Gasteiger partial charge in [-0.3, -0.25) is 0 Å². The molecule has 1 aromatic rings. The van der Waals surface area contributed by atoms with Gasteiger partial charge in [-0.2, -0.15) is 0 Å². The molecule has 0 aromatic heterocycles. The van der Waals surface area contributed by atoms with E-state index in [0.29, 0.717) is 208 Å². The Hall–Kier alpha value is 2.48. The summed E-state index contributed by atoms with van der Waals surface area (Å²) in [5.41, 5.74) is 1.20. The van der Waals surface area contributed by atoms with Crippen LogP contribution in [0.1, 0.15) is 129 Å². The zero-order valence-corrected chi connectivity index (χ0v) is 110. The van der Waals surface area contributed by atoms with E-state index in [1.807, 2.05) is 83.1 Å². The highest BCUT2D eigenvalue weighted by Crippen LogP contribution is 2.46. The lowest BCUT2D eigenvalue weighted by atomic mass is 10.0. The smallest absolute Gasteiger partial charge is 0.334 e. The van der Waals surface area contributed by atoms with Crippen LogP contribution in [0.3, 0.4) is 0 Å². The van der Waals surface area contributed by atoms with Crippen LogP contribution >= 0.6 is 0 Å². The molecule has 0 aliphatic rings. The van der Waals surface area contributed by atoms with Crippen molar-refractivity contribution in [2.75, 3.05) is 106 Å². The minimum atomic E-state index is -3.98. The van der Waals surface area contributed by atoms with Crippen molar-refractivity contribution in [1.82, 2.24) is 0 Å². The first kappa shape index (κ1) is 129. The molecule has 0 N–H and O–H groups in total. The molecule has 1 aromatic carbocycles. The second-order valence-electron chi connectivity index (χ2n) is 39.5. The fourth-order valence-electron chi connectivity index (χ4n) is 18.1. The standard InChI is InChI=1S/C82H198O27Si20/c1-43-83-113(26,84-44-2)64-72-121(34,100-111(21,22)23)102-122(35,73-65-114(27,85-45-3)86-46-4)103-123(36,74-66-115(28,87-47-5)88-48-6)104-124(37,75-67-116(29,89-49-7)90-50-8)105-125(38,76-68-117(30,91-51-9)92-52-10)106-126(39,77-69-118(31,93-53-11)94-54-12)107-127(40,78-70-119(32,95-55-13)96-56-14)108-128(41,79-71-120(33,97-57-15)98-58-16)109-129(42,101-112(24,25)99-110(18,19)20)80-81(17)82-62-60-59-61-63-82/h59-63,81H,43-58,64-80H2,1-42H3. The summed E-state index contributed by atoms with van der Waals surface area (Å²) in [6, 6.07) is 19.9. The van der Waals surface area contributed by atoms with E-state index in [9.17, 15) is 0 Å². The van der Waals surface area contributed by atoms with Crippen molar-refractivity contribution in [1.29, 1.82) is 0 Å². The van der Waals surface area contributed by atoms with Gasteiger partial charge in [0.15, 0.2) is 16.6 Å². The highest BCUT2D eigenvalue weighted by atomic mass is 28.5. The molecule has 0 aliphatic carbocycles. The van der Waals surface area contributed by atoms with Crippen LogP contribution in [-0.2, 0) is 116 Å². The van der Waals surface area contributed by atoms with Crippen molar-refractivity contribution >= 4 is 171 Å². The lowest BCUT2D eigenvalue weighted by Crippen LogP contribution is -2.66. The first-order valence-corrected chi connectivity index (χ1v) is 102. The van der Waals surface area contributed by atoms with Gasteiger partial charge in [-0.25, -0.2) is 0 Å². The second kappa shape index (κ2) is 58.4. The van der Waals surface area contributed by atoms with E-state index in [2.05, 4.69) is 229 Å². The maximum Gasteiger partial charge on any atom is 0.334 e. The van der Waals surface area contributed by atoms with Crippen LogP contribution in [0.25, 0.3) is 0 Å². The number of hydrogen-bond donors (Lipinski definition) is 0. The van der Waals surface area contributed by atoms with Gasteiger partial charge in [0.05, 0.1) is 0 Å². The molecule has 0 heterocycles.